The molecule has 0 spiro atoms. The fraction of sp³-hybridized carbons (Fsp3) is 0.182. The quantitative estimate of drug-likeness (QED) is 0.852. The lowest BCUT2D eigenvalue weighted by atomic mass is 10.2. The summed E-state index contributed by atoms with van der Waals surface area (Å²) < 4.78 is 5.02. The molecule has 1 aromatic carbocycles. The number of carbonyl (C=O) groups excluding carboxylic acids is 2. The molecule has 88 valence electrons. The van der Waals surface area contributed by atoms with Gasteiger partial charge in [0.2, 0.25) is 5.91 Å². The van der Waals surface area contributed by atoms with Crippen LogP contribution < -0.4 is 10.1 Å². The summed E-state index contributed by atoms with van der Waals surface area (Å²) in [4.78, 5) is 26.5. The molecule has 0 radical (unpaired) electrons. The number of rotatable bonds is 2. The Morgan fingerprint density at radius 2 is 2.35 bits per heavy atom. The number of aliphatic imine (C=N–C) groups is 1. The number of carbonyl (C=O) groups is 2. The average Bonchev–Trinajstić information content (AvgIpc) is 2.75. The van der Waals surface area contributed by atoms with Gasteiger partial charge in [-0.1, -0.05) is 17.8 Å². The molecule has 5 nitrogen and oxygen atoms in total. The van der Waals surface area contributed by atoms with Crippen LogP contribution in [0.2, 0.25) is 0 Å². The van der Waals surface area contributed by atoms with Gasteiger partial charge in [-0.15, -0.1) is 0 Å². The highest BCUT2D eigenvalue weighted by Crippen LogP contribution is 2.15. The fourth-order valence-corrected chi connectivity index (χ4v) is 1.97. The highest BCUT2D eigenvalue weighted by atomic mass is 32.2. The summed E-state index contributed by atoms with van der Waals surface area (Å²) >= 11 is 1.22. The lowest BCUT2D eigenvalue weighted by molar-refractivity contribution is -0.116. The SMILES string of the molecule is COc1cccc(C(=O)N=C2NC(=O)CS2)c1. The molecule has 0 atom stereocenters. The van der Waals surface area contributed by atoms with Gasteiger partial charge < -0.3 is 10.1 Å². The Labute approximate surface area is 102 Å². The van der Waals surface area contributed by atoms with Crippen molar-refractivity contribution in [3.63, 3.8) is 0 Å². The second-order valence-electron chi connectivity index (χ2n) is 3.29. The van der Waals surface area contributed by atoms with E-state index in [0.29, 0.717) is 22.2 Å². The van der Waals surface area contributed by atoms with Crippen LogP contribution in [-0.2, 0) is 4.79 Å². The summed E-state index contributed by atoms with van der Waals surface area (Å²) in [7, 11) is 1.53. The summed E-state index contributed by atoms with van der Waals surface area (Å²) in [5, 5.41) is 2.85. The summed E-state index contributed by atoms with van der Waals surface area (Å²) in [5.41, 5.74) is 0.429. The largest absolute Gasteiger partial charge is 0.497 e. The molecule has 0 aromatic heterocycles. The highest BCUT2D eigenvalue weighted by Gasteiger charge is 2.18. The predicted octanol–water partition coefficient (Wildman–Crippen LogP) is 1.05. The molecule has 1 aliphatic heterocycles. The van der Waals surface area contributed by atoms with Crippen LogP contribution >= 0.6 is 11.8 Å². The third-order valence-electron chi connectivity index (χ3n) is 2.11. The molecule has 1 heterocycles. The summed E-state index contributed by atoms with van der Waals surface area (Å²) in [6, 6.07) is 6.72. The van der Waals surface area contributed by atoms with Crippen LogP contribution in [-0.4, -0.2) is 29.8 Å². The number of amidine groups is 1. The first-order chi connectivity index (χ1) is 8.19. The molecule has 6 heteroatoms. The van der Waals surface area contributed by atoms with Crippen molar-refractivity contribution in [3.8, 4) is 5.75 Å². The maximum Gasteiger partial charge on any atom is 0.279 e. The molecular formula is C11H10N2O3S. The first kappa shape index (κ1) is 11.7. The fourth-order valence-electron chi connectivity index (χ4n) is 1.30. The van der Waals surface area contributed by atoms with Crippen LogP contribution in [0.5, 0.6) is 5.75 Å². The molecule has 0 bridgehead atoms. The van der Waals surface area contributed by atoms with Crippen LogP contribution in [0, 0.1) is 0 Å². The Morgan fingerprint density at radius 1 is 1.53 bits per heavy atom. The summed E-state index contributed by atoms with van der Waals surface area (Å²) in [6.45, 7) is 0. The van der Waals surface area contributed by atoms with E-state index in [2.05, 4.69) is 10.3 Å². The Bertz CT molecular complexity index is 499. The highest BCUT2D eigenvalue weighted by molar-refractivity contribution is 8.15. The first-order valence-corrected chi connectivity index (χ1v) is 5.87. The van der Waals surface area contributed by atoms with Gasteiger partial charge >= 0.3 is 0 Å². The van der Waals surface area contributed by atoms with Gasteiger partial charge in [0, 0.05) is 5.56 Å². The number of nitrogens with one attached hydrogen (secondary N) is 1. The van der Waals surface area contributed by atoms with Crippen LogP contribution in [0.3, 0.4) is 0 Å². The first-order valence-electron chi connectivity index (χ1n) is 4.89. The van der Waals surface area contributed by atoms with Crippen LogP contribution in [0.15, 0.2) is 29.3 Å². The van der Waals surface area contributed by atoms with Crippen molar-refractivity contribution < 1.29 is 14.3 Å². The van der Waals surface area contributed by atoms with Crippen molar-refractivity contribution in [2.45, 2.75) is 0 Å². The van der Waals surface area contributed by atoms with Gasteiger partial charge in [0.25, 0.3) is 5.91 Å². The van der Waals surface area contributed by atoms with Crippen LogP contribution in [0.25, 0.3) is 0 Å². The number of hydrogen-bond acceptors (Lipinski definition) is 4. The number of methoxy groups -OCH3 is 1. The van der Waals surface area contributed by atoms with E-state index in [-0.39, 0.29) is 5.91 Å². The Hall–Kier alpha value is -1.82. The van der Waals surface area contributed by atoms with E-state index < -0.39 is 5.91 Å². The van der Waals surface area contributed by atoms with E-state index in [1.54, 1.807) is 24.3 Å². The van der Waals surface area contributed by atoms with Crippen LogP contribution in [0.1, 0.15) is 10.4 Å². The average molecular weight is 250 g/mol. The summed E-state index contributed by atoms with van der Waals surface area (Å²) in [5.74, 6) is 0.379. The van der Waals surface area contributed by atoms with Gasteiger partial charge in [-0.3, -0.25) is 9.59 Å². The van der Waals surface area contributed by atoms with E-state index in [1.807, 2.05) is 0 Å². The lowest BCUT2D eigenvalue weighted by Crippen LogP contribution is -2.21. The second-order valence-corrected chi connectivity index (χ2v) is 4.25. The lowest BCUT2D eigenvalue weighted by Gasteiger charge is -2.01. The number of amides is 2. The van der Waals surface area contributed by atoms with Gasteiger partial charge in [0.15, 0.2) is 5.17 Å². The zero-order valence-corrected chi connectivity index (χ0v) is 9.91. The van der Waals surface area contributed by atoms with Gasteiger partial charge in [0.1, 0.15) is 5.75 Å². The van der Waals surface area contributed by atoms with Crippen molar-refractivity contribution in [2.24, 2.45) is 4.99 Å². The topological polar surface area (TPSA) is 67.8 Å². The zero-order chi connectivity index (χ0) is 12.3. The molecule has 0 saturated carbocycles. The monoisotopic (exact) mass is 250 g/mol. The number of benzene rings is 1. The molecule has 0 unspecified atom stereocenters. The Balaban J connectivity index is 2.17. The minimum Gasteiger partial charge on any atom is -0.497 e. The summed E-state index contributed by atoms with van der Waals surface area (Å²) in [6.07, 6.45) is 0. The second kappa shape index (κ2) is 5.01. The molecule has 0 aliphatic carbocycles. The maximum atomic E-state index is 11.8. The van der Waals surface area contributed by atoms with E-state index in [1.165, 1.54) is 18.9 Å². The molecule has 2 amide bonds. The molecule has 1 N–H and O–H groups in total. The molecule has 1 saturated heterocycles. The van der Waals surface area contributed by atoms with Crippen molar-refractivity contribution >= 4 is 28.7 Å². The maximum absolute atomic E-state index is 11.8. The van der Waals surface area contributed by atoms with Crippen LogP contribution in [0.4, 0.5) is 0 Å². The van der Waals surface area contributed by atoms with Crippen molar-refractivity contribution in [3.05, 3.63) is 29.8 Å². The van der Waals surface area contributed by atoms with Crippen molar-refractivity contribution in [1.29, 1.82) is 0 Å². The smallest absolute Gasteiger partial charge is 0.279 e. The standard InChI is InChI=1S/C11H10N2O3S/c1-16-8-4-2-3-7(5-8)10(15)13-11-12-9(14)6-17-11/h2-5H,6H2,1H3,(H,12,13,14,15). The van der Waals surface area contributed by atoms with Gasteiger partial charge in [-0.2, -0.15) is 4.99 Å². The number of hydrogen-bond donors (Lipinski definition) is 1. The van der Waals surface area contributed by atoms with E-state index in [4.69, 9.17) is 4.74 Å². The molecule has 1 aliphatic rings. The predicted molar refractivity (Wildman–Crippen MR) is 65.4 cm³/mol. The van der Waals surface area contributed by atoms with Gasteiger partial charge in [-0.25, -0.2) is 0 Å². The zero-order valence-electron chi connectivity index (χ0n) is 9.10. The van der Waals surface area contributed by atoms with E-state index in [9.17, 15) is 9.59 Å². The van der Waals surface area contributed by atoms with Gasteiger partial charge in [0.05, 0.1) is 12.9 Å². The van der Waals surface area contributed by atoms with Crippen molar-refractivity contribution in [2.75, 3.05) is 12.9 Å². The van der Waals surface area contributed by atoms with Gasteiger partial charge in [-0.05, 0) is 18.2 Å². The van der Waals surface area contributed by atoms with E-state index >= 15 is 0 Å². The number of thioether (sulfide) groups is 1. The number of ether oxygens (including phenoxy) is 1. The molecule has 17 heavy (non-hydrogen) atoms. The molecule has 1 aromatic rings. The third-order valence-corrected chi connectivity index (χ3v) is 2.98. The Morgan fingerprint density at radius 3 is 3.00 bits per heavy atom. The molecule has 2 rings (SSSR count). The number of nitrogens with zero attached hydrogens (tertiary/aromatic N) is 1. The molecular weight excluding hydrogens is 240 g/mol. The minimum atomic E-state index is -0.395. The Kier molecular flexibility index (Phi) is 3.43. The minimum absolute atomic E-state index is 0.132. The molecule has 1 fully saturated rings. The third kappa shape index (κ3) is 2.85. The normalized spacial score (nSPS) is 17.0. The van der Waals surface area contributed by atoms with Crippen molar-refractivity contribution in [1.82, 2.24) is 5.32 Å². The van der Waals surface area contributed by atoms with E-state index in [0.717, 1.165) is 0 Å².